The Hall–Kier alpha value is -2.34. The van der Waals surface area contributed by atoms with Gasteiger partial charge in [0.05, 0.1) is 13.1 Å². The highest BCUT2D eigenvalue weighted by atomic mass is 32.1. The largest absolute Gasteiger partial charge is 0.376 e. The SMILES string of the molecule is CCC(C)(C)NC(=O)c1ccc(NCC(=O)NCc2cccs2)cc1. The van der Waals surface area contributed by atoms with E-state index in [4.69, 9.17) is 0 Å². The second-order valence-electron chi connectivity index (χ2n) is 6.48. The number of nitrogens with one attached hydrogen (secondary N) is 3. The van der Waals surface area contributed by atoms with E-state index in [1.807, 2.05) is 38.3 Å². The molecule has 0 aliphatic carbocycles. The molecule has 5 nitrogen and oxygen atoms in total. The van der Waals surface area contributed by atoms with Gasteiger partial charge in [0, 0.05) is 21.7 Å². The number of amides is 2. The smallest absolute Gasteiger partial charge is 0.251 e. The molecule has 0 fully saturated rings. The number of hydrogen-bond acceptors (Lipinski definition) is 4. The van der Waals surface area contributed by atoms with Gasteiger partial charge in [-0.15, -0.1) is 11.3 Å². The lowest BCUT2D eigenvalue weighted by molar-refractivity contribution is -0.119. The Morgan fingerprint density at radius 3 is 2.44 bits per heavy atom. The number of benzene rings is 1. The summed E-state index contributed by atoms with van der Waals surface area (Å²) in [5.74, 6) is -0.160. The molecule has 0 saturated carbocycles. The van der Waals surface area contributed by atoms with Crippen LogP contribution in [0.4, 0.5) is 5.69 Å². The van der Waals surface area contributed by atoms with Crippen molar-refractivity contribution in [2.24, 2.45) is 0 Å². The molecule has 1 aromatic carbocycles. The van der Waals surface area contributed by atoms with Crippen LogP contribution in [-0.2, 0) is 11.3 Å². The molecule has 25 heavy (non-hydrogen) atoms. The lowest BCUT2D eigenvalue weighted by Gasteiger charge is -2.24. The number of hydrogen-bond donors (Lipinski definition) is 3. The second kappa shape index (κ2) is 8.67. The molecular formula is C19H25N3O2S. The highest BCUT2D eigenvalue weighted by molar-refractivity contribution is 7.09. The summed E-state index contributed by atoms with van der Waals surface area (Å²) >= 11 is 1.62. The summed E-state index contributed by atoms with van der Waals surface area (Å²) < 4.78 is 0. The quantitative estimate of drug-likeness (QED) is 0.676. The highest BCUT2D eigenvalue weighted by Crippen LogP contribution is 2.12. The van der Waals surface area contributed by atoms with Crippen molar-refractivity contribution >= 4 is 28.8 Å². The minimum absolute atomic E-state index is 0.0695. The van der Waals surface area contributed by atoms with Crippen molar-refractivity contribution in [3.8, 4) is 0 Å². The normalized spacial score (nSPS) is 11.0. The summed E-state index contributed by atoms with van der Waals surface area (Å²) in [5, 5.41) is 10.9. The zero-order valence-corrected chi connectivity index (χ0v) is 15.7. The number of carbonyl (C=O) groups is 2. The topological polar surface area (TPSA) is 70.2 Å². The van der Waals surface area contributed by atoms with E-state index in [0.29, 0.717) is 12.1 Å². The van der Waals surface area contributed by atoms with Crippen LogP contribution in [0.3, 0.4) is 0 Å². The molecule has 1 aromatic heterocycles. The third-order valence-corrected chi connectivity index (χ3v) is 4.85. The number of rotatable bonds is 8. The fraction of sp³-hybridized carbons (Fsp3) is 0.368. The molecular weight excluding hydrogens is 334 g/mol. The van der Waals surface area contributed by atoms with Gasteiger partial charge < -0.3 is 16.0 Å². The standard InChI is InChI=1S/C19H25N3O2S/c1-4-19(2,3)22-18(24)14-7-9-15(10-8-14)20-13-17(23)21-12-16-6-5-11-25-16/h5-11,20H,4,12-13H2,1-3H3,(H,21,23)(H,22,24). The summed E-state index contributed by atoms with van der Waals surface area (Å²) in [6.07, 6.45) is 0.860. The molecule has 6 heteroatoms. The van der Waals surface area contributed by atoms with Gasteiger partial charge in [0.25, 0.3) is 5.91 Å². The zero-order chi connectivity index (χ0) is 18.3. The maximum absolute atomic E-state index is 12.2. The average Bonchev–Trinajstić information content (AvgIpc) is 3.11. The first-order chi connectivity index (χ1) is 11.9. The van der Waals surface area contributed by atoms with E-state index in [2.05, 4.69) is 16.0 Å². The first-order valence-corrected chi connectivity index (χ1v) is 9.23. The van der Waals surface area contributed by atoms with Crippen LogP contribution in [0, 0.1) is 0 Å². The molecule has 0 unspecified atom stereocenters. The molecule has 134 valence electrons. The first-order valence-electron chi connectivity index (χ1n) is 8.35. The zero-order valence-electron chi connectivity index (χ0n) is 14.9. The Balaban J connectivity index is 1.79. The Bertz CT molecular complexity index is 694. The maximum atomic E-state index is 12.2. The van der Waals surface area contributed by atoms with Gasteiger partial charge in [0.2, 0.25) is 5.91 Å². The van der Waals surface area contributed by atoms with E-state index in [1.54, 1.807) is 35.6 Å². The molecule has 0 radical (unpaired) electrons. The van der Waals surface area contributed by atoms with Crippen LogP contribution in [0.1, 0.15) is 42.4 Å². The van der Waals surface area contributed by atoms with Crippen LogP contribution >= 0.6 is 11.3 Å². The molecule has 0 bridgehead atoms. The molecule has 3 N–H and O–H groups in total. The van der Waals surface area contributed by atoms with Crippen LogP contribution in [0.2, 0.25) is 0 Å². The maximum Gasteiger partial charge on any atom is 0.251 e. The van der Waals surface area contributed by atoms with Crippen molar-refractivity contribution in [3.05, 3.63) is 52.2 Å². The Labute approximate surface area is 152 Å². The monoisotopic (exact) mass is 359 g/mol. The van der Waals surface area contributed by atoms with E-state index < -0.39 is 0 Å². The Kier molecular flexibility index (Phi) is 6.58. The Morgan fingerprint density at radius 2 is 1.84 bits per heavy atom. The summed E-state index contributed by atoms with van der Waals surface area (Å²) in [7, 11) is 0. The molecule has 0 aliphatic heterocycles. The van der Waals surface area contributed by atoms with Gasteiger partial charge >= 0.3 is 0 Å². The minimum Gasteiger partial charge on any atom is -0.376 e. The fourth-order valence-corrected chi connectivity index (χ4v) is 2.70. The van der Waals surface area contributed by atoms with Crippen molar-refractivity contribution in [3.63, 3.8) is 0 Å². The Morgan fingerprint density at radius 1 is 1.12 bits per heavy atom. The van der Waals surface area contributed by atoms with Crippen molar-refractivity contribution in [2.45, 2.75) is 39.3 Å². The van der Waals surface area contributed by atoms with Crippen molar-refractivity contribution in [1.82, 2.24) is 10.6 Å². The summed E-state index contributed by atoms with van der Waals surface area (Å²) in [5.41, 5.74) is 1.18. The van der Waals surface area contributed by atoms with E-state index in [0.717, 1.165) is 17.0 Å². The van der Waals surface area contributed by atoms with Crippen LogP contribution in [0.25, 0.3) is 0 Å². The van der Waals surface area contributed by atoms with Crippen LogP contribution in [0.5, 0.6) is 0 Å². The highest BCUT2D eigenvalue weighted by Gasteiger charge is 2.18. The minimum atomic E-state index is -0.228. The number of carbonyl (C=O) groups excluding carboxylic acids is 2. The van der Waals surface area contributed by atoms with E-state index in [-0.39, 0.29) is 23.9 Å². The van der Waals surface area contributed by atoms with Gasteiger partial charge in [-0.3, -0.25) is 9.59 Å². The summed E-state index contributed by atoms with van der Waals surface area (Å²) in [6.45, 7) is 6.77. The van der Waals surface area contributed by atoms with E-state index >= 15 is 0 Å². The van der Waals surface area contributed by atoms with Crippen molar-refractivity contribution < 1.29 is 9.59 Å². The second-order valence-corrected chi connectivity index (χ2v) is 7.51. The summed E-state index contributed by atoms with van der Waals surface area (Å²) in [6, 6.07) is 11.1. The number of anilines is 1. The van der Waals surface area contributed by atoms with Gasteiger partial charge in [0.15, 0.2) is 0 Å². The lowest BCUT2D eigenvalue weighted by Crippen LogP contribution is -2.42. The molecule has 0 atom stereocenters. The third kappa shape index (κ3) is 6.23. The summed E-state index contributed by atoms with van der Waals surface area (Å²) in [4.78, 5) is 25.2. The predicted octanol–water partition coefficient (Wildman–Crippen LogP) is 3.39. The average molecular weight is 359 g/mol. The van der Waals surface area contributed by atoms with Gasteiger partial charge in [-0.1, -0.05) is 13.0 Å². The van der Waals surface area contributed by atoms with Crippen LogP contribution < -0.4 is 16.0 Å². The molecule has 0 aliphatic rings. The van der Waals surface area contributed by atoms with E-state index in [9.17, 15) is 9.59 Å². The molecule has 2 rings (SSSR count). The van der Waals surface area contributed by atoms with Crippen molar-refractivity contribution in [1.29, 1.82) is 0 Å². The number of thiophene rings is 1. The molecule has 1 heterocycles. The molecule has 0 spiro atoms. The van der Waals surface area contributed by atoms with Gasteiger partial charge in [0.1, 0.15) is 0 Å². The molecule has 2 aromatic rings. The first kappa shape index (κ1) is 19.0. The van der Waals surface area contributed by atoms with Gasteiger partial charge in [-0.2, -0.15) is 0 Å². The van der Waals surface area contributed by atoms with Crippen molar-refractivity contribution in [2.75, 3.05) is 11.9 Å². The van der Waals surface area contributed by atoms with Gasteiger partial charge in [-0.05, 0) is 56.0 Å². The van der Waals surface area contributed by atoms with Crippen LogP contribution in [0.15, 0.2) is 41.8 Å². The van der Waals surface area contributed by atoms with Gasteiger partial charge in [-0.25, -0.2) is 0 Å². The predicted molar refractivity (Wildman–Crippen MR) is 103 cm³/mol. The lowest BCUT2D eigenvalue weighted by atomic mass is 10.0. The third-order valence-electron chi connectivity index (χ3n) is 3.98. The van der Waals surface area contributed by atoms with Crippen LogP contribution in [-0.4, -0.2) is 23.9 Å². The molecule has 0 saturated heterocycles. The van der Waals surface area contributed by atoms with E-state index in [1.165, 1.54) is 0 Å². The molecule has 2 amide bonds. The fourth-order valence-electron chi connectivity index (χ4n) is 2.05.